The van der Waals surface area contributed by atoms with E-state index in [-0.39, 0.29) is 30.5 Å². The summed E-state index contributed by atoms with van der Waals surface area (Å²) in [5.74, 6) is 0.467. The van der Waals surface area contributed by atoms with Crippen LogP contribution in [0.3, 0.4) is 0 Å². The van der Waals surface area contributed by atoms with E-state index in [2.05, 4.69) is 25.9 Å². The fraction of sp³-hybridized carbons (Fsp3) is 0.318. The van der Waals surface area contributed by atoms with Gasteiger partial charge in [-0.3, -0.25) is 9.59 Å². The van der Waals surface area contributed by atoms with E-state index in [4.69, 9.17) is 4.74 Å². The van der Waals surface area contributed by atoms with Crippen LogP contribution in [0.4, 0.5) is 0 Å². The van der Waals surface area contributed by atoms with Crippen molar-refractivity contribution < 1.29 is 9.53 Å². The molecule has 0 bridgehead atoms. The van der Waals surface area contributed by atoms with Gasteiger partial charge in [-0.2, -0.15) is 0 Å². The number of nitrogens with one attached hydrogen (secondary N) is 1. The predicted octanol–water partition coefficient (Wildman–Crippen LogP) is 3.44. The molecule has 3 aromatic rings. The summed E-state index contributed by atoms with van der Waals surface area (Å²) in [4.78, 5) is 34.6. The summed E-state index contributed by atoms with van der Waals surface area (Å²) in [7, 11) is 0. The number of carbonyl (C=O) groups is 1. The quantitative estimate of drug-likeness (QED) is 0.617. The van der Waals surface area contributed by atoms with E-state index in [0.717, 1.165) is 29.5 Å². The Hall–Kier alpha value is -2.51. The van der Waals surface area contributed by atoms with Gasteiger partial charge in [-0.25, -0.2) is 4.98 Å². The van der Waals surface area contributed by atoms with Gasteiger partial charge < -0.3 is 14.6 Å². The highest BCUT2D eigenvalue weighted by Crippen LogP contribution is 2.17. The number of carbonyl (C=O) groups excluding carboxylic acids is 1. The van der Waals surface area contributed by atoms with E-state index >= 15 is 0 Å². The number of ether oxygens (including phenoxy) is 1. The van der Waals surface area contributed by atoms with E-state index in [0.29, 0.717) is 23.3 Å². The Morgan fingerprint density at radius 1 is 1.21 bits per heavy atom. The highest BCUT2D eigenvalue weighted by atomic mass is 79.9. The van der Waals surface area contributed by atoms with Gasteiger partial charge in [0.25, 0.3) is 5.56 Å². The van der Waals surface area contributed by atoms with Crippen LogP contribution in [0.15, 0.2) is 57.8 Å². The molecule has 1 aromatic heterocycles. The molecule has 1 atom stereocenters. The van der Waals surface area contributed by atoms with Gasteiger partial charge >= 0.3 is 0 Å². The molecule has 1 saturated heterocycles. The van der Waals surface area contributed by atoms with Crippen LogP contribution >= 0.6 is 15.9 Å². The van der Waals surface area contributed by atoms with Crippen LogP contribution in [0.1, 0.15) is 24.2 Å². The zero-order valence-corrected chi connectivity index (χ0v) is 17.5. The predicted molar refractivity (Wildman–Crippen MR) is 115 cm³/mol. The molecule has 29 heavy (non-hydrogen) atoms. The van der Waals surface area contributed by atoms with Gasteiger partial charge in [0.1, 0.15) is 5.82 Å². The molecule has 2 aromatic carbocycles. The third-order valence-corrected chi connectivity index (χ3v) is 5.60. The second-order valence-electron chi connectivity index (χ2n) is 7.24. The maximum atomic E-state index is 13.1. The molecule has 2 heterocycles. The van der Waals surface area contributed by atoms with E-state index in [1.165, 1.54) is 0 Å². The SMILES string of the molecule is O=C(Cc1ccc(Br)cc1)N(Cc1nc2ccccc2c(=O)[nH]1)C[C@@H]1CCCO1. The molecule has 6 nitrogen and oxygen atoms in total. The van der Waals surface area contributed by atoms with E-state index in [9.17, 15) is 9.59 Å². The van der Waals surface area contributed by atoms with Crippen molar-refractivity contribution in [3.63, 3.8) is 0 Å². The molecule has 1 N–H and O–H groups in total. The van der Waals surface area contributed by atoms with E-state index in [1.54, 1.807) is 11.0 Å². The Balaban J connectivity index is 1.57. The molecule has 4 rings (SSSR count). The summed E-state index contributed by atoms with van der Waals surface area (Å²) in [6, 6.07) is 14.9. The topological polar surface area (TPSA) is 75.3 Å². The number of halogens is 1. The van der Waals surface area contributed by atoms with Gasteiger partial charge in [-0.05, 0) is 42.7 Å². The smallest absolute Gasteiger partial charge is 0.258 e. The van der Waals surface area contributed by atoms with Crippen molar-refractivity contribution in [2.75, 3.05) is 13.2 Å². The maximum absolute atomic E-state index is 13.1. The van der Waals surface area contributed by atoms with Gasteiger partial charge in [0.15, 0.2) is 0 Å². The lowest BCUT2D eigenvalue weighted by Crippen LogP contribution is -2.38. The number of para-hydroxylation sites is 1. The molecule has 0 saturated carbocycles. The summed E-state index contributed by atoms with van der Waals surface area (Å²) in [6.45, 7) is 1.46. The van der Waals surface area contributed by atoms with Crippen molar-refractivity contribution in [1.82, 2.24) is 14.9 Å². The Labute approximate surface area is 177 Å². The van der Waals surface area contributed by atoms with Crippen LogP contribution in [0.2, 0.25) is 0 Å². The summed E-state index contributed by atoms with van der Waals surface area (Å²) in [5.41, 5.74) is 1.38. The molecule has 0 radical (unpaired) electrons. The molecule has 150 valence electrons. The first-order chi connectivity index (χ1) is 14.1. The first-order valence-corrected chi connectivity index (χ1v) is 10.5. The molecular weight excluding hydrogens is 434 g/mol. The molecule has 0 aliphatic carbocycles. The van der Waals surface area contributed by atoms with Gasteiger partial charge in [-0.15, -0.1) is 0 Å². The Morgan fingerprint density at radius 3 is 2.76 bits per heavy atom. The minimum atomic E-state index is -0.192. The number of fused-ring (bicyclic) bond motifs is 1. The van der Waals surface area contributed by atoms with Crippen LogP contribution < -0.4 is 5.56 Å². The standard InChI is InChI=1S/C22H22BrN3O3/c23-16-9-7-15(8-10-16)12-21(27)26(13-17-4-3-11-29-17)14-20-24-19-6-2-1-5-18(19)22(28)25-20/h1-2,5-10,17H,3-4,11-14H2,(H,24,25,28)/t17-/m0/s1. The zero-order valence-electron chi connectivity index (χ0n) is 15.9. The monoisotopic (exact) mass is 455 g/mol. The highest BCUT2D eigenvalue weighted by molar-refractivity contribution is 9.10. The molecule has 0 unspecified atom stereocenters. The third kappa shape index (κ3) is 4.92. The summed E-state index contributed by atoms with van der Waals surface area (Å²) in [5, 5.41) is 0.545. The number of hydrogen-bond donors (Lipinski definition) is 1. The second-order valence-corrected chi connectivity index (χ2v) is 8.16. The molecular formula is C22H22BrN3O3. The largest absolute Gasteiger partial charge is 0.376 e. The molecule has 1 amide bonds. The number of amides is 1. The van der Waals surface area contributed by atoms with E-state index in [1.807, 2.05) is 42.5 Å². The maximum Gasteiger partial charge on any atom is 0.258 e. The minimum Gasteiger partial charge on any atom is -0.376 e. The van der Waals surface area contributed by atoms with Crippen molar-refractivity contribution in [1.29, 1.82) is 0 Å². The number of benzene rings is 2. The van der Waals surface area contributed by atoms with Crippen LogP contribution in [0.25, 0.3) is 10.9 Å². The minimum absolute atomic E-state index is 0.0152. The average molecular weight is 456 g/mol. The lowest BCUT2D eigenvalue weighted by molar-refractivity contribution is -0.132. The lowest BCUT2D eigenvalue weighted by Gasteiger charge is -2.25. The number of rotatable bonds is 6. The number of H-pyrrole nitrogens is 1. The average Bonchev–Trinajstić information content (AvgIpc) is 3.22. The van der Waals surface area contributed by atoms with Crippen LogP contribution in [0, 0.1) is 0 Å². The highest BCUT2D eigenvalue weighted by Gasteiger charge is 2.23. The third-order valence-electron chi connectivity index (χ3n) is 5.07. The van der Waals surface area contributed by atoms with Gasteiger partial charge in [0.05, 0.1) is 30.0 Å². The normalized spacial score (nSPS) is 16.2. The Morgan fingerprint density at radius 2 is 2.00 bits per heavy atom. The van der Waals surface area contributed by atoms with Gasteiger partial charge in [-0.1, -0.05) is 40.2 Å². The summed E-state index contributed by atoms with van der Waals surface area (Å²) in [6.07, 6.45) is 2.25. The molecule has 7 heteroatoms. The molecule has 1 fully saturated rings. The molecule has 0 spiro atoms. The molecule has 1 aliphatic heterocycles. The number of hydrogen-bond acceptors (Lipinski definition) is 4. The lowest BCUT2D eigenvalue weighted by atomic mass is 10.1. The van der Waals surface area contributed by atoms with Gasteiger partial charge in [0, 0.05) is 17.6 Å². The first-order valence-electron chi connectivity index (χ1n) is 9.70. The van der Waals surface area contributed by atoms with Crippen LogP contribution in [0.5, 0.6) is 0 Å². The van der Waals surface area contributed by atoms with Crippen molar-refractivity contribution in [3.8, 4) is 0 Å². The first kappa shape index (κ1) is 19.8. The number of aromatic nitrogens is 2. The fourth-order valence-electron chi connectivity index (χ4n) is 3.57. The fourth-order valence-corrected chi connectivity index (χ4v) is 3.83. The van der Waals surface area contributed by atoms with Crippen molar-refractivity contribution in [2.45, 2.75) is 31.9 Å². The van der Waals surface area contributed by atoms with Crippen LogP contribution in [-0.2, 0) is 22.5 Å². The summed E-state index contributed by atoms with van der Waals surface area (Å²) >= 11 is 3.42. The molecule has 1 aliphatic rings. The Kier molecular flexibility index (Phi) is 6.06. The van der Waals surface area contributed by atoms with Crippen LogP contribution in [-0.4, -0.2) is 40.0 Å². The number of aromatic amines is 1. The van der Waals surface area contributed by atoms with E-state index < -0.39 is 0 Å². The number of nitrogens with zero attached hydrogens (tertiary/aromatic N) is 2. The van der Waals surface area contributed by atoms with Crippen molar-refractivity contribution >= 4 is 32.7 Å². The summed E-state index contributed by atoms with van der Waals surface area (Å²) < 4.78 is 6.71. The van der Waals surface area contributed by atoms with Gasteiger partial charge in [0.2, 0.25) is 5.91 Å². The Bertz CT molecular complexity index is 1060. The van der Waals surface area contributed by atoms with Crippen molar-refractivity contribution in [3.05, 3.63) is 74.7 Å². The van der Waals surface area contributed by atoms with Crippen molar-refractivity contribution in [2.24, 2.45) is 0 Å². The second kappa shape index (κ2) is 8.88. The zero-order chi connectivity index (χ0) is 20.2.